The Hall–Kier alpha value is -2.73. The smallest absolute Gasteiger partial charge is 0.351 e. The molecule has 0 saturated carbocycles. The van der Waals surface area contributed by atoms with Crippen molar-refractivity contribution in [1.82, 2.24) is 10.3 Å². The van der Waals surface area contributed by atoms with Crippen molar-refractivity contribution in [3.63, 3.8) is 0 Å². The molecule has 0 unspecified atom stereocenters. The van der Waals surface area contributed by atoms with Gasteiger partial charge in [0.15, 0.2) is 23.6 Å². The molecule has 1 aliphatic rings. The van der Waals surface area contributed by atoms with Gasteiger partial charge >= 0.3 is 11.7 Å². The number of aromatic amines is 2. The van der Waals surface area contributed by atoms with Gasteiger partial charge in [0, 0.05) is 37.0 Å². The van der Waals surface area contributed by atoms with Crippen LogP contribution in [0.3, 0.4) is 0 Å². The summed E-state index contributed by atoms with van der Waals surface area (Å²) in [5, 5.41) is 3.11. The number of hydrogen-bond donors (Lipinski definition) is 2. The van der Waals surface area contributed by atoms with Crippen molar-refractivity contribution in [2.75, 3.05) is 13.2 Å². The Bertz CT molecular complexity index is 854. The van der Waals surface area contributed by atoms with Gasteiger partial charge in [0.1, 0.15) is 0 Å². The van der Waals surface area contributed by atoms with Crippen LogP contribution in [0.4, 0.5) is 0 Å². The zero-order valence-corrected chi connectivity index (χ0v) is 13.3. The summed E-state index contributed by atoms with van der Waals surface area (Å²) in [7, 11) is 0. The lowest BCUT2D eigenvalue weighted by atomic mass is 10.1. The molecule has 0 radical (unpaired) electrons. The third kappa shape index (κ3) is 2.76. The number of amides is 1. The predicted molar refractivity (Wildman–Crippen MR) is 87.3 cm³/mol. The van der Waals surface area contributed by atoms with Gasteiger partial charge in [-0.3, -0.25) is 4.79 Å². The number of ether oxygens (including phenoxy) is 1. The molecule has 0 spiro atoms. The normalized spacial score (nSPS) is 15.5. The van der Waals surface area contributed by atoms with Crippen LogP contribution in [0.15, 0.2) is 48.9 Å². The minimum Gasteiger partial charge on any atom is -0.381 e. The van der Waals surface area contributed by atoms with Crippen molar-refractivity contribution >= 4 is 11.4 Å². The number of imidazole rings is 1. The van der Waals surface area contributed by atoms with Crippen LogP contribution < -0.4 is 14.7 Å². The van der Waals surface area contributed by atoms with Gasteiger partial charge < -0.3 is 10.1 Å². The van der Waals surface area contributed by atoms with Gasteiger partial charge in [-0.2, -0.15) is 4.40 Å². The highest BCUT2D eigenvalue weighted by atomic mass is 16.5. The summed E-state index contributed by atoms with van der Waals surface area (Å²) in [5.41, 5.74) is 2.94. The van der Waals surface area contributed by atoms with E-state index in [9.17, 15) is 4.79 Å². The first kappa shape index (κ1) is 14.8. The molecule has 1 fully saturated rings. The number of rotatable bonds is 3. The second-order valence-electron chi connectivity index (χ2n) is 5.95. The Labute approximate surface area is 139 Å². The third-order valence-corrected chi connectivity index (χ3v) is 4.38. The molecule has 122 valence electrons. The summed E-state index contributed by atoms with van der Waals surface area (Å²) < 4.78 is 7.26. The van der Waals surface area contributed by atoms with Crippen LogP contribution in [0, 0.1) is 0 Å². The summed E-state index contributed by atoms with van der Waals surface area (Å²) in [6.07, 6.45) is 7.37. The highest BCUT2D eigenvalue weighted by Gasteiger charge is 2.27. The number of hydrogen-bond acceptors (Lipinski definition) is 2. The van der Waals surface area contributed by atoms with E-state index in [4.69, 9.17) is 4.74 Å². The van der Waals surface area contributed by atoms with Crippen LogP contribution in [0.2, 0.25) is 0 Å². The molecule has 4 heterocycles. The molecule has 0 atom stereocenters. The van der Waals surface area contributed by atoms with Crippen LogP contribution in [-0.2, 0) is 4.74 Å². The summed E-state index contributed by atoms with van der Waals surface area (Å²) in [6.45, 7) is 1.41. The lowest BCUT2D eigenvalue weighted by molar-refractivity contribution is -0.514. The Morgan fingerprint density at radius 2 is 2.00 bits per heavy atom. The maximum Gasteiger partial charge on any atom is 0.351 e. The van der Waals surface area contributed by atoms with Crippen molar-refractivity contribution in [2.45, 2.75) is 18.9 Å². The van der Waals surface area contributed by atoms with E-state index >= 15 is 0 Å². The first-order valence-corrected chi connectivity index (χ1v) is 8.20. The number of nitrogens with zero attached hydrogens (tertiary/aromatic N) is 1. The molecule has 4 rings (SSSR count). The molecule has 1 saturated heterocycles. The number of H-pyrrole nitrogens is 2. The van der Waals surface area contributed by atoms with E-state index in [-0.39, 0.29) is 11.9 Å². The molecule has 1 aliphatic heterocycles. The number of aromatic nitrogens is 3. The zero-order chi connectivity index (χ0) is 16.4. The average molecular weight is 324 g/mol. The summed E-state index contributed by atoms with van der Waals surface area (Å²) in [5.74, 6) is 0.455. The number of fused-ring (bicyclic) bond motifs is 1. The van der Waals surface area contributed by atoms with Crippen molar-refractivity contribution < 1.29 is 18.9 Å². The van der Waals surface area contributed by atoms with E-state index in [1.54, 1.807) is 0 Å². The van der Waals surface area contributed by atoms with Gasteiger partial charge in [-0.05, 0) is 25.0 Å². The number of carbonyl (C=O) groups excluding carboxylic acids is 1. The van der Waals surface area contributed by atoms with Crippen LogP contribution in [0.5, 0.6) is 0 Å². The number of carbonyl (C=O) groups is 1. The molecular formula is C18H20N4O2+2. The van der Waals surface area contributed by atoms with Gasteiger partial charge in [0.25, 0.3) is 0 Å². The molecule has 1 amide bonds. The highest BCUT2D eigenvalue weighted by Crippen LogP contribution is 2.20. The molecule has 0 bridgehead atoms. The first-order chi connectivity index (χ1) is 11.8. The largest absolute Gasteiger partial charge is 0.381 e. The molecule has 6 heteroatoms. The lowest BCUT2D eigenvalue weighted by Crippen LogP contribution is -2.42. The van der Waals surface area contributed by atoms with Crippen LogP contribution in [0.1, 0.15) is 23.5 Å². The van der Waals surface area contributed by atoms with Crippen LogP contribution in [-0.4, -0.2) is 30.1 Å². The summed E-state index contributed by atoms with van der Waals surface area (Å²) in [4.78, 5) is 19.1. The van der Waals surface area contributed by atoms with E-state index in [1.807, 2.05) is 53.3 Å². The quantitative estimate of drug-likeness (QED) is 0.709. The van der Waals surface area contributed by atoms with E-state index in [0.717, 1.165) is 29.6 Å². The van der Waals surface area contributed by atoms with Gasteiger partial charge in [-0.25, -0.2) is 9.97 Å². The molecule has 0 aromatic carbocycles. The molecule has 6 nitrogen and oxygen atoms in total. The second kappa shape index (κ2) is 6.41. The van der Waals surface area contributed by atoms with Crippen molar-refractivity contribution in [3.8, 4) is 11.3 Å². The number of nitrogens with one attached hydrogen (secondary N) is 3. The Morgan fingerprint density at radius 1 is 1.21 bits per heavy atom. The summed E-state index contributed by atoms with van der Waals surface area (Å²) >= 11 is 0. The van der Waals surface area contributed by atoms with E-state index < -0.39 is 0 Å². The Balaban J connectivity index is 1.71. The third-order valence-electron chi connectivity index (χ3n) is 4.38. The molecular weight excluding hydrogens is 304 g/mol. The van der Waals surface area contributed by atoms with Crippen LogP contribution >= 0.6 is 0 Å². The first-order valence-electron chi connectivity index (χ1n) is 8.20. The molecule has 3 aromatic rings. The Kier molecular flexibility index (Phi) is 3.96. The fourth-order valence-corrected chi connectivity index (χ4v) is 3.12. The monoisotopic (exact) mass is 324 g/mol. The van der Waals surface area contributed by atoms with Crippen molar-refractivity contribution in [1.29, 1.82) is 0 Å². The maximum atomic E-state index is 12.8. The topological polar surface area (TPSA) is 72.4 Å². The molecule has 3 N–H and O–H groups in total. The van der Waals surface area contributed by atoms with Gasteiger partial charge in [0.2, 0.25) is 0 Å². The minimum atomic E-state index is -0.0863. The number of pyridine rings is 2. The minimum absolute atomic E-state index is 0.0863. The van der Waals surface area contributed by atoms with Crippen LogP contribution in [0.25, 0.3) is 16.8 Å². The highest BCUT2D eigenvalue weighted by molar-refractivity contribution is 5.91. The van der Waals surface area contributed by atoms with Gasteiger partial charge in [-0.15, -0.1) is 0 Å². The van der Waals surface area contributed by atoms with Gasteiger partial charge in [0.05, 0.1) is 6.20 Å². The van der Waals surface area contributed by atoms with E-state index in [0.29, 0.717) is 19.0 Å². The standard InChI is InChI=1S/C18H18N4O2/c23-18(20-14-6-11-24-12-7-14)17-21-16(13-4-8-19-9-5-13)15-3-1-2-10-22(15)17/h1-5,8-10,14H,6-7,11-12H2,(H,20,23)/p+2. The molecule has 3 aromatic heterocycles. The fourth-order valence-electron chi connectivity index (χ4n) is 3.12. The second-order valence-corrected chi connectivity index (χ2v) is 5.95. The fraction of sp³-hybridized carbons (Fsp3) is 0.278. The van der Waals surface area contributed by atoms with Gasteiger partial charge in [-0.1, -0.05) is 6.07 Å². The SMILES string of the molecule is O=C(NC1CCOCC1)c1[nH]c(-c2cc[nH+]cc2)c2cccc[n+]12. The lowest BCUT2D eigenvalue weighted by Gasteiger charge is -2.22. The summed E-state index contributed by atoms with van der Waals surface area (Å²) in [6, 6.07) is 10.0. The predicted octanol–water partition coefficient (Wildman–Crippen LogP) is 1.14. The molecule has 24 heavy (non-hydrogen) atoms. The van der Waals surface area contributed by atoms with Crippen molar-refractivity contribution in [3.05, 3.63) is 54.7 Å². The molecule has 0 aliphatic carbocycles. The maximum absolute atomic E-state index is 12.8. The Morgan fingerprint density at radius 3 is 2.79 bits per heavy atom. The average Bonchev–Trinajstić information content (AvgIpc) is 3.03. The van der Waals surface area contributed by atoms with E-state index in [1.165, 1.54) is 0 Å². The van der Waals surface area contributed by atoms with Crippen molar-refractivity contribution in [2.24, 2.45) is 0 Å². The van der Waals surface area contributed by atoms with E-state index in [2.05, 4.69) is 15.3 Å². The zero-order valence-electron chi connectivity index (χ0n) is 13.3.